The SMILES string of the molecule is CCCCOC(=O)N1CC2CC2C1. The number of likely N-dealkylation sites (tertiary alicyclic amines) is 1. The van der Waals surface area contributed by atoms with Crippen LogP contribution in [-0.4, -0.2) is 30.7 Å². The maximum Gasteiger partial charge on any atom is 0.409 e. The molecular formula is C10H17NO2. The van der Waals surface area contributed by atoms with E-state index in [1.807, 2.05) is 4.90 Å². The highest BCUT2D eigenvalue weighted by atomic mass is 16.6. The average molecular weight is 183 g/mol. The van der Waals surface area contributed by atoms with Gasteiger partial charge in [0.05, 0.1) is 6.61 Å². The monoisotopic (exact) mass is 183 g/mol. The topological polar surface area (TPSA) is 29.5 Å². The van der Waals surface area contributed by atoms with Crippen molar-refractivity contribution in [2.45, 2.75) is 26.2 Å². The normalized spacial score (nSPS) is 30.1. The lowest BCUT2D eigenvalue weighted by molar-refractivity contribution is 0.105. The Balaban J connectivity index is 1.66. The van der Waals surface area contributed by atoms with Crippen LogP contribution >= 0.6 is 0 Å². The molecule has 13 heavy (non-hydrogen) atoms. The highest BCUT2D eigenvalue weighted by Crippen LogP contribution is 2.44. The quantitative estimate of drug-likeness (QED) is 0.625. The van der Waals surface area contributed by atoms with Crippen molar-refractivity contribution in [2.75, 3.05) is 19.7 Å². The van der Waals surface area contributed by atoms with Gasteiger partial charge in [-0.1, -0.05) is 13.3 Å². The molecule has 0 radical (unpaired) electrons. The van der Waals surface area contributed by atoms with Crippen molar-refractivity contribution in [1.29, 1.82) is 0 Å². The fourth-order valence-electron chi connectivity index (χ4n) is 1.94. The van der Waals surface area contributed by atoms with Gasteiger partial charge < -0.3 is 9.64 Å². The average Bonchev–Trinajstić information content (AvgIpc) is 2.74. The first-order valence-corrected chi connectivity index (χ1v) is 5.23. The van der Waals surface area contributed by atoms with Gasteiger partial charge >= 0.3 is 6.09 Å². The van der Waals surface area contributed by atoms with E-state index < -0.39 is 0 Å². The second kappa shape index (κ2) is 3.56. The first-order valence-electron chi connectivity index (χ1n) is 5.23. The summed E-state index contributed by atoms with van der Waals surface area (Å²) < 4.78 is 5.12. The third-order valence-electron chi connectivity index (χ3n) is 2.96. The molecule has 0 aromatic carbocycles. The van der Waals surface area contributed by atoms with Crippen LogP contribution in [0.1, 0.15) is 26.2 Å². The van der Waals surface area contributed by atoms with E-state index in [9.17, 15) is 4.79 Å². The number of carbonyl (C=O) groups excluding carboxylic acids is 1. The Morgan fingerprint density at radius 3 is 2.77 bits per heavy atom. The minimum absolute atomic E-state index is 0.0966. The number of carbonyl (C=O) groups is 1. The molecule has 1 saturated heterocycles. The van der Waals surface area contributed by atoms with Crippen LogP contribution in [0.4, 0.5) is 4.79 Å². The maximum atomic E-state index is 11.4. The summed E-state index contributed by atoms with van der Waals surface area (Å²) in [6, 6.07) is 0. The van der Waals surface area contributed by atoms with Crippen molar-refractivity contribution in [3.05, 3.63) is 0 Å². The van der Waals surface area contributed by atoms with Crippen molar-refractivity contribution >= 4 is 6.09 Å². The molecule has 2 unspecified atom stereocenters. The minimum atomic E-state index is -0.0966. The lowest BCUT2D eigenvalue weighted by Crippen LogP contribution is -2.31. The van der Waals surface area contributed by atoms with Gasteiger partial charge in [-0.15, -0.1) is 0 Å². The molecule has 3 nitrogen and oxygen atoms in total. The maximum absolute atomic E-state index is 11.4. The van der Waals surface area contributed by atoms with Crippen LogP contribution in [0.15, 0.2) is 0 Å². The number of unbranched alkanes of at least 4 members (excludes halogenated alkanes) is 1. The van der Waals surface area contributed by atoms with E-state index >= 15 is 0 Å². The molecule has 0 aromatic rings. The molecule has 74 valence electrons. The van der Waals surface area contributed by atoms with E-state index in [0.29, 0.717) is 6.61 Å². The molecule has 2 aliphatic rings. The summed E-state index contributed by atoms with van der Waals surface area (Å²) in [6.07, 6.45) is 3.30. The zero-order valence-electron chi connectivity index (χ0n) is 8.16. The molecular weight excluding hydrogens is 166 g/mol. The van der Waals surface area contributed by atoms with Crippen LogP contribution in [-0.2, 0) is 4.74 Å². The van der Waals surface area contributed by atoms with Crippen molar-refractivity contribution in [3.63, 3.8) is 0 Å². The van der Waals surface area contributed by atoms with Crippen molar-refractivity contribution in [2.24, 2.45) is 11.8 Å². The molecule has 2 rings (SSSR count). The number of fused-ring (bicyclic) bond motifs is 1. The molecule has 2 atom stereocenters. The third kappa shape index (κ3) is 1.95. The van der Waals surface area contributed by atoms with E-state index in [2.05, 4.69) is 6.92 Å². The van der Waals surface area contributed by atoms with Crippen LogP contribution in [0.3, 0.4) is 0 Å². The third-order valence-corrected chi connectivity index (χ3v) is 2.96. The van der Waals surface area contributed by atoms with Crippen LogP contribution in [0.2, 0.25) is 0 Å². The predicted octanol–water partition coefficient (Wildman–Crippen LogP) is 1.87. The van der Waals surface area contributed by atoms with Crippen LogP contribution in [0, 0.1) is 11.8 Å². The largest absolute Gasteiger partial charge is 0.449 e. The number of hydrogen-bond donors (Lipinski definition) is 0. The number of amides is 1. The summed E-state index contributed by atoms with van der Waals surface area (Å²) >= 11 is 0. The van der Waals surface area contributed by atoms with E-state index in [0.717, 1.165) is 37.8 Å². The van der Waals surface area contributed by atoms with E-state index in [4.69, 9.17) is 4.74 Å². The second-order valence-corrected chi connectivity index (χ2v) is 4.13. The van der Waals surface area contributed by atoms with Crippen LogP contribution < -0.4 is 0 Å². The highest BCUT2D eigenvalue weighted by Gasteiger charge is 2.46. The summed E-state index contributed by atoms with van der Waals surface area (Å²) in [7, 11) is 0. The molecule has 1 amide bonds. The molecule has 0 N–H and O–H groups in total. The smallest absolute Gasteiger partial charge is 0.409 e. The van der Waals surface area contributed by atoms with Gasteiger partial charge in [0, 0.05) is 13.1 Å². The number of nitrogens with zero attached hydrogens (tertiary/aromatic N) is 1. The molecule has 2 fully saturated rings. The lowest BCUT2D eigenvalue weighted by Gasteiger charge is -2.17. The van der Waals surface area contributed by atoms with Gasteiger partial charge in [0.15, 0.2) is 0 Å². The van der Waals surface area contributed by atoms with Crippen molar-refractivity contribution < 1.29 is 9.53 Å². The van der Waals surface area contributed by atoms with Gasteiger partial charge in [-0.25, -0.2) is 4.79 Å². The molecule has 3 heteroatoms. The molecule has 1 aliphatic carbocycles. The predicted molar refractivity (Wildman–Crippen MR) is 49.4 cm³/mol. The Morgan fingerprint density at radius 1 is 1.46 bits per heavy atom. The van der Waals surface area contributed by atoms with Gasteiger partial charge in [-0.2, -0.15) is 0 Å². The minimum Gasteiger partial charge on any atom is -0.449 e. The summed E-state index contributed by atoms with van der Waals surface area (Å²) in [4.78, 5) is 13.2. The zero-order chi connectivity index (χ0) is 9.26. The fourth-order valence-corrected chi connectivity index (χ4v) is 1.94. The summed E-state index contributed by atoms with van der Waals surface area (Å²) in [5.41, 5.74) is 0. The highest BCUT2D eigenvalue weighted by molar-refractivity contribution is 5.68. The summed E-state index contributed by atoms with van der Waals surface area (Å²) in [6.45, 7) is 4.56. The summed E-state index contributed by atoms with van der Waals surface area (Å²) in [5, 5.41) is 0. The molecule has 0 bridgehead atoms. The molecule has 1 saturated carbocycles. The standard InChI is InChI=1S/C10H17NO2/c1-2-3-4-13-10(12)11-6-8-5-9(8)7-11/h8-9H,2-7H2,1H3. The Morgan fingerprint density at radius 2 is 2.15 bits per heavy atom. The summed E-state index contributed by atoms with van der Waals surface area (Å²) in [5.74, 6) is 1.61. The molecule has 0 aromatic heterocycles. The Labute approximate surface area is 79.0 Å². The second-order valence-electron chi connectivity index (χ2n) is 4.13. The Kier molecular flexibility index (Phi) is 2.42. The van der Waals surface area contributed by atoms with Gasteiger partial charge in [-0.05, 0) is 24.7 Å². The van der Waals surface area contributed by atoms with Crippen LogP contribution in [0.25, 0.3) is 0 Å². The van der Waals surface area contributed by atoms with Gasteiger partial charge in [0.2, 0.25) is 0 Å². The fraction of sp³-hybridized carbons (Fsp3) is 0.900. The van der Waals surface area contributed by atoms with Crippen molar-refractivity contribution in [1.82, 2.24) is 4.90 Å². The van der Waals surface area contributed by atoms with Gasteiger partial charge in [0.1, 0.15) is 0 Å². The number of ether oxygens (including phenoxy) is 1. The van der Waals surface area contributed by atoms with E-state index in [1.165, 1.54) is 6.42 Å². The van der Waals surface area contributed by atoms with Gasteiger partial charge in [0.25, 0.3) is 0 Å². The van der Waals surface area contributed by atoms with Crippen molar-refractivity contribution in [3.8, 4) is 0 Å². The Bertz CT molecular complexity index is 195. The van der Waals surface area contributed by atoms with Crippen LogP contribution in [0.5, 0.6) is 0 Å². The lowest BCUT2D eigenvalue weighted by atomic mass is 10.4. The van der Waals surface area contributed by atoms with E-state index in [1.54, 1.807) is 0 Å². The molecule has 1 heterocycles. The number of hydrogen-bond acceptors (Lipinski definition) is 2. The zero-order valence-corrected chi connectivity index (χ0v) is 8.16. The van der Waals surface area contributed by atoms with E-state index in [-0.39, 0.29) is 6.09 Å². The first kappa shape index (κ1) is 8.85. The molecule has 0 spiro atoms. The first-order chi connectivity index (χ1) is 6.31. The van der Waals surface area contributed by atoms with Gasteiger partial charge in [-0.3, -0.25) is 0 Å². The molecule has 1 aliphatic heterocycles. The number of rotatable bonds is 3. The number of piperidine rings is 1. The Hall–Kier alpha value is -0.730.